The molecule has 3 rings (SSSR count). The van der Waals surface area contributed by atoms with Crippen LogP contribution in [0.25, 0.3) is 22.5 Å². The summed E-state index contributed by atoms with van der Waals surface area (Å²) in [6.45, 7) is 7.06. The minimum Gasteiger partial charge on any atom is -0.480 e. The number of hydrogen-bond donors (Lipinski definition) is 1. The first-order valence-corrected chi connectivity index (χ1v) is 11.1. The molecule has 0 saturated heterocycles. The summed E-state index contributed by atoms with van der Waals surface area (Å²) >= 11 is 0. The highest BCUT2D eigenvalue weighted by Crippen LogP contribution is 2.30. The van der Waals surface area contributed by atoms with Gasteiger partial charge in [-0.15, -0.1) is 12.4 Å². The molecule has 1 N–H and O–H groups in total. The zero-order valence-electron chi connectivity index (χ0n) is 19.8. The smallest absolute Gasteiger partial charge is 0.329 e. The lowest BCUT2D eigenvalue weighted by molar-refractivity contribution is -0.143. The molecular weight excluding hydrogens is 454 g/mol. The summed E-state index contributed by atoms with van der Waals surface area (Å²) in [5.74, 6) is -0.207. The molecule has 1 unspecified atom stereocenters. The first kappa shape index (κ1) is 27.2. The van der Waals surface area contributed by atoms with Gasteiger partial charge in [0.2, 0.25) is 0 Å². The van der Waals surface area contributed by atoms with Gasteiger partial charge >= 0.3 is 5.97 Å². The van der Waals surface area contributed by atoms with Crippen molar-refractivity contribution in [3.8, 4) is 22.5 Å². The Balaban J connectivity index is 0.00000408. The van der Waals surface area contributed by atoms with Gasteiger partial charge < -0.3 is 19.5 Å². The first-order chi connectivity index (χ1) is 16.0. The Hall–Kier alpha value is -3.00. The van der Waals surface area contributed by atoms with E-state index >= 15 is 0 Å². The Bertz CT molecular complexity index is 1020. The predicted molar refractivity (Wildman–Crippen MR) is 137 cm³/mol. The molecule has 2 aromatic carbocycles. The number of aliphatic carboxylic acids is 1. The lowest BCUT2D eigenvalue weighted by atomic mass is 10.0. The lowest BCUT2D eigenvalue weighted by Crippen LogP contribution is -2.36. The van der Waals surface area contributed by atoms with Gasteiger partial charge in [-0.25, -0.2) is 9.78 Å². The third-order valence-electron chi connectivity index (χ3n) is 5.08. The SMILES string of the molecule is CC(COCC(=O)O)OCCN(c1cnc(-c2ccccc2)c(-c2ccccc2)n1)C(C)C.Cl. The molecule has 0 aliphatic rings. The second kappa shape index (κ2) is 13.6. The summed E-state index contributed by atoms with van der Waals surface area (Å²) in [5, 5.41) is 8.67. The number of ether oxygens (including phenoxy) is 2. The summed E-state index contributed by atoms with van der Waals surface area (Å²) in [6, 6.07) is 20.3. The second-order valence-corrected chi connectivity index (χ2v) is 8.03. The van der Waals surface area contributed by atoms with Crippen molar-refractivity contribution in [3.63, 3.8) is 0 Å². The van der Waals surface area contributed by atoms with Crippen molar-refractivity contribution in [2.45, 2.75) is 32.9 Å². The van der Waals surface area contributed by atoms with E-state index in [1.165, 1.54) is 0 Å². The molecule has 0 aliphatic carbocycles. The molecule has 7 nitrogen and oxygen atoms in total. The highest BCUT2D eigenvalue weighted by Gasteiger charge is 2.18. The molecule has 34 heavy (non-hydrogen) atoms. The number of benzene rings is 2. The highest BCUT2D eigenvalue weighted by atomic mass is 35.5. The number of carboxylic acids is 1. The third kappa shape index (κ3) is 7.80. The van der Waals surface area contributed by atoms with Crippen molar-refractivity contribution in [2.24, 2.45) is 0 Å². The van der Waals surface area contributed by atoms with Gasteiger partial charge in [-0.1, -0.05) is 60.7 Å². The third-order valence-corrected chi connectivity index (χ3v) is 5.08. The van der Waals surface area contributed by atoms with Crippen molar-refractivity contribution in [2.75, 3.05) is 31.3 Å². The van der Waals surface area contributed by atoms with Crippen LogP contribution in [0.15, 0.2) is 66.9 Å². The van der Waals surface area contributed by atoms with Crippen LogP contribution in [0, 0.1) is 0 Å². The average Bonchev–Trinajstić information content (AvgIpc) is 2.82. The van der Waals surface area contributed by atoms with Gasteiger partial charge in [-0.3, -0.25) is 4.98 Å². The minimum atomic E-state index is -0.986. The van der Waals surface area contributed by atoms with Crippen LogP contribution in [0.4, 0.5) is 5.82 Å². The molecule has 0 bridgehead atoms. The van der Waals surface area contributed by atoms with Crippen molar-refractivity contribution in [1.82, 2.24) is 9.97 Å². The number of hydrogen-bond acceptors (Lipinski definition) is 6. The molecule has 3 aromatic rings. The molecule has 1 heterocycles. The Morgan fingerprint density at radius 3 is 2.12 bits per heavy atom. The first-order valence-electron chi connectivity index (χ1n) is 11.1. The average molecular weight is 486 g/mol. The van der Waals surface area contributed by atoms with Gasteiger partial charge in [0.15, 0.2) is 0 Å². The van der Waals surface area contributed by atoms with E-state index in [0.717, 1.165) is 28.3 Å². The summed E-state index contributed by atoms with van der Waals surface area (Å²) in [6.07, 6.45) is 1.61. The number of anilines is 1. The van der Waals surface area contributed by atoms with Crippen LogP contribution in [-0.2, 0) is 14.3 Å². The van der Waals surface area contributed by atoms with E-state index in [4.69, 9.17) is 24.5 Å². The standard InChI is InChI=1S/C26H31N3O4.ClH/c1-19(2)29(14-15-33-20(3)17-32-18-24(30)31)23-16-27-25(21-10-6-4-7-11-21)26(28-23)22-12-8-5-9-13-22;/h4-13,16,19-20H,14-15,17-18H2,1-3H3,(H,30,31);1H. The fraction of sp³-hybridized carbons (Fsp3) is 0.346. The fourth-order valence-corrected chi connectivity index (χ4v) is 3.47. The number of carbonyl (C=O) groups is 1. The molecule has 0 fully saturated rings. The van der Waals surface area contributed by atoms with Crippen molar-refractivity contribution < 1.29 is 19.4 Å². The number of carboxylic acid groups (broad SMARTS) is 1. The monoisotopic (exact) mass is 485 g/mol. The van der Waals surface area contributed by atoms with Gasteiger partial charge in [-0.05, 0) is 20.8 Å². The number of halogens is 1. The van der Waals surface area contributed by atoms with Gasteiger partial charge in [0, 0.05) is 23.7 Å². The van der Waals surface area contributed by atoms with Crippen LogP contribution in [0.2, 0.25) is 0 Å². The molecule has 0 radical (unpaired) electrons. The molecule has 182 valence electrons. The molecule has 1 aromatic heterocycles. The summed E-state index contributed by atoms with van der Waals surface area (Å²) in [7, 11) is 0. The summed E-state index contributed by atoms with van der Waals surface area (Å²) in [5.41, 5.74) is 3.70. The van der Waals surface area contributed by atoms with Crippen LogP contribution >= 0.6 is 12.4 Å². The fourth-order valence-electron chi connectivity index (χ4n) is 3.47. The Morgan fingerprint density at radius 2 is 1.56 bits per heavy atom. The van der Waals surface area contributed by atoms with Crippen LogP contribution in [0.5, 0.6) is 0 Å². The molecule has 0 aliphatic heterocycles. The van der Waals surface area contributed by atoms with Crippen molar-refractivity contribution in [3.05, 3.63) is 66.9 Å². The molecule has 8 heteroatoms. The number of rotatable bonds is 12. The van der Waals surface area contributed by atoms with Crippen LogP contribution < -0.4 is 4.90 Å². The largest absolute Gasteiger partial charge is 0.480 e. The van der Waals surface area contributed by atoms with Crippen molar-refractivity contribution >= 4 is 24.2 Å². The quantitative estimate of drug-likeness (QED) is 0.388. The van der Waals surface area contributed by atoms with Crippen LogP contribution in [0.1, 0.15) is 20.8 Å². The Kier molecular flexibility index (Phi) is 10.9. The lowest BCUT2D eigenvalue weighted by Gasteiger charge is -2.29. The maximum Gasteiger partial charge on any atom is 0.329 e. The van der Waals surface area contributed by atoms with Crippen LogP contribution in [0.3, 0.4) is 0 Å². The normalized spacial score (nSPS) is 11.6. The second-order valence-electron chi connectivity index (χ2n) is 8.03. The van der Waals surface area contributed by atoms with E-state index in [2.05, 4.69) is 18.7 Å². The maximum absolute atomic E-state index is 10.6. The number of nitrogens with zero attached hydrogens (tertiary/aromatic N) is 3. The summed E-state index contributed by atoms with van der Waals surface area (Å²) in [4.78, 5) is 22.6. The molecular formula is C26H32ClN3O4. The van der Waals surface area contributed by atoms with E-state index in [1.54, 1.807) is 0 Å². The van der Waals surface area contributed by atoms with Gasteiger partial charge in [-0.2, -0.15) is 0 Å². The maximum atomic E-state index is 10.6. The van der Waals surface area contributed by atoms with Gasteiger partial charge in [0.25, 0.3) is 0 Å². The Labute approximate surface area is 207 Å². The van der Waals surface area contributed by atoms with E-state index < -0.39 is 5.97 Å². The van der Waals surface area contributed by atoms with E-state index in [9.17, 15) is 4.79 Å². The van der Waals surface area contributed by atoms with Gasteiger partial charge in [0.05, 0.1) is 36.9 Å². The number of aromatic nitrogens is 2. The van der Waals surface area contributed by atoms with Crippen molar-refractivity contribution in [1.29, 1.82) is 0 Å². The molecule has 1 atom stereocenters. The summed E-state index contributed by atoms with van der Waals surface area (Å²) < 4.78 is 10.9. The zero-order valence-corrected chi connectivity index (χ0v) is 20.6. The molecule has 0 amide bonds. The van der Waals surface area contributed by atoms with Gasteiger partial charge in [0.1, 0.15) is 12.4 Å². The van der Waals surface area contributed by atoms with E-state index in [1.807, 2.05) is 73.8 Å². The molecule has 0 saturated carbocycles. The van der Waals surface area contributed by atoms with Crippen LogP contribution in [-0.4, -0.2) is 59.6 Å². The topological polar surface area (TPSA) is 84.8 Å². The minimum absolute atomic E-state index is 0. The molecule has 0 spiro atoms. The Morgan fingerprint density at radius 1 is 0.971 bits per heavy atom. The van der Waals surface area contributed by atoms with E-state index in [-0.39, 0.29) is 37.8 Å². The van der Waals surface area contributed by atoms with E-state index in [0.29, 0.717) is 13.2 Å². The highest BCUT2D eigenvalue weighted by molar-refractivity contribution is 5.85. The predicted octanol–water partition coefficient (Wildman–Crippen LogP) is 4.95. The zero-order chi connectivity index (χ0) is 23.6.